The van der Waals surface area contributed by atoms with Gasteiger partial charge in [0.25, 0.3) is 0 Å². The van der Waals surface area contributed by atoms with Crippen molar-refractivity contribution < 1.29 is 4.74 Å². The molecule has 10 heteroatoms. The summed E-state index contributed by atoms with van der Waals surface area (Å²) in [7, 11) is 3.69. The number of nitrogens with zero attached hydrogens (tertiary/aromatic N) is 6. The number of benzene rings is 1. The maximum Gasteiger partial charge on any atom is 0.194 e. The number of aryl methyl sites for hydroxylation is 1. The van der Waals surface area contributed by atoms with Crippen LogP contribution in [0, 0.1) is 6.92 Å². The molecule has 0 atom stereocenters. The summed E-state index contributed by atoms with van der Waals surface area (Å²) in [5, 5.41) is 12.6. The Kier molecular flexibility index (Phi) is 10.1. The van der Waals surface area contributed by atoms with Crippen LogP contribution in [0.5, 0.6) is 0 Å². The summed E-state index contributed by atoms with van der Waals surface area (Å²) >= 11 is 6.15. The summed E-state index contributed by atoms with van der Waals surface area (Å²) in [6, 6.07) is 8.03. The Morgan fingerprint density at radius 1 is 1.23 bits per heavy atom. The summed E-state index contributed by atoms with van der Waals surface area (Å²) in [6.45, 7) is 7.60. The molecule has 1 saturated heterocycles. The molecule has 2 aromatic rings. The second kappa shape index (κ2) is 12.3. The summed E-state index contributed by atoms with van der Waals surface area (Å²) in [4.78, 5) is 9.49. The molecule has 0 unspecified atom stereocenters. The van der Waals surface area contributed by atoms with Gasteiger partial charge in [-0.05, 0) is 31.5 Å². The summed E-state index contributed by atoms with van der Waals surface area (Å²) < 4.78 is 7.13. The van der Waals surface area contributed by atoms with E-state index in [1.165, 1.54) is 5.69 Å². The van der Waals surface area contributed by atoms with E-state index in [1.807, 2.05) is 36.7 Å². The normalized spacial score (nSPS) is 14.6. The van der Waals surface area contributed by atoms with Gasteiger partial charge in [-0.15, -0.1) is 34.2 Å². The number of hydrogen-bond donors (Lipinski definition) is 1. The lowest BCUT2D eigenvalue weighted by Gasteiger charge is -2.37. The van der Waals surface area contributed by atoms with Gasteiger partial charge in [0.1, 0.15) is 12.4 Å². The quantitative estimate of drug-likeness (QED) is 0.249. The number of piperazine rings is 1. The van der Waals surface area contributed by atoms with Gasteiger partial charge in [-0.3, -0.25) is 0 Å². The van der Waals surface area contributed by atoms with Crippen molar-refractivity contribution in [3.63, 3.8) is 0 Å². The smallest absolute Gasteiger partial charge is 0.194 e. The van der Waals surface area contributed by atoms with Crippen LogP contribution in [0.25, 0.3) is 0 Å². The van der Waals surface area contributed by atoms with Crippen molar-refractivity contribution >= 4 is 47.2 Å². The molecule has 166 valence electrons. The zero-order chi connectivity index (χ0) is 20.6. The average molecular weight is 548 g/mol. The molecule has 0 aliphatic carbocycles. The molecule has 1 aliphatic rings. The van der Waals surface area contributed by atoms with Crippen LogP contribution in [-0.4, -0.2) is 72.1 Å². The largest absolute Gasteiger partial charge is 0.385 e. The molecule has 1 fully saturated rings. The zero-order valence-corrected chi connectivity index (χ0v) is 20.9. The van der Waals surface area contributed by atoms with Gasteiger partial charge in [-0.1, -0.05) is 17.7 Å². The van der Waals surface area contributed by atoms with E-state index in [0.29, 0.717) is 6.54 Å². The minimum atomic E-state index is 0. The maximum absolute atomic E-state index is 6.15. The summed E-state index contributed by atoms with van der Waals surface area (Å²) in [5.74, 6) is 2.66. The predicted molar refractivity (Wildman–Crippen MR) is 132 cm³/mol. The molecule has 1 N–H and O–H groups in total. The van der Waals surface area contributed by atoms with Crippen molar-refractivity contribution in [2.75, 3.05) is 51.3 Å². The van der Waals surface area contributed by atoms with Gasteiger partial charge in [0.2, 0.25) is 0 Å². The monoisotopic (exact) mass is 547 g/mol. The Bertz CT molecular complexity index is 821. The van der Waals surface area contributed by atoms with E-state index < -0.39 is 0 Å². The zero-order valence-electron chi connectivity index (χ0n) is 17.8. The van der Waals surface area contributed by atoms with Crippen LogP contribution >= 0.6 is 35.6 Å². The molecule has 30 heavy (non-hydrogen) atoms. The van der Waals surface area contributed by atoms with Crippen LogP contribution in [0.15, 0.2) is 29.3 Å². The number of rotatable bonds is 7. The van der Waals surface area contributed by atoms with E-state index in [0.717, 1.165) is 68.4 Å². The molecule has 0 bridgehead atoms. The van der Waals surface area contributed by atoms with Crippen molar-refractivity contribution in [1.82, 2.24) is 25.0 Å². The van der Waals surface area contributed by atoms with E-state index in [9.17, 15) is 0 Å². The number of aromatic nitrogens is 3. The lowest BCUT2D eigenvalue weighted by molar-refractivity contribution is 0.195. The fraction of sp³-hybridized carbons (Fsp3) is 0.550. The number of guanidine groups is 1. The van der Waals surface area contributed by atoms with Crippen molar-refractivity contribution in [3.05, 3.63) is 40.9 Å². The van der Waals surface area contributed by atoms with Crippen molar-refractivity contribution in [1.29, 1.82) is 0 Å². The number of ether oxygens (including phenoxy) is 1. The summed E-state index contributed by atoms with van der Waals surface area (Å²) in [6.07, 6.45) is 0.932. The Morgan fingerprint density at radius 3 is 2.63 bits per heavy atom. The fourth-order valence-electron chi connectivity index (χ4n) is 3.27. The van der Waals surface area contributed by atoms with Gasteiger partial charge in [0, 0.05) is 64.2 Å². The molecule has 1 aromatic carbocycles. The molecule has 0 radical (unpaired) electrons. The third-order valence-corrected chi connectivity index (χ3v) is 5.35. The van der Waals surface area contributed by atoms with Crippen molar-refractivity contribution in [2.45, 2.75) is 19.9 Å². The first-order valence-electron chi connectivity index (χ1n) is 9.96. The van der Waals surface area contributed by atoms with Gasteiger partial charge in [-0.25, -0.2) is 4.99 Å². The first-order valence-corrected chi connectivity index (χ1v) is 10.3. The maximum atomic E-state index is 6.15. The number of anilines is 1. The van der Waals surface area contributed by atoms with Crippen molar-refractivity contribution in [3.8, 4) is 0 Å². The van der Waals surface area contributed by atoms with Crippen LogP contribution in [-0.2, 0) is 18.3 Å². The highest BCUT2D eigenvalue weighted by Crippen LogP contribution is 2.20. The Labute approximate surface area is 200 Å². The number of aliphatic imine (C=N–C) groups is 1. The molecule has 1 aromatic heterocycles. The van der Waals surface area contributed by atoms with Crippen LogP contribution in [0.3, 0.4) is 0 Å². The molecule has 0 spiro atoms. The topological polar surface area (TPSA) is 70.8 Å². The third kappa shape index (κ3) is 6.71. The Balaban J connectivity index is 0.00000320. The molecule has 0 saturated carbocycles. The Hall–Kier alpha value is -1.59. The Morgan fingerprint density at radius 2 is 2.00 bits per heavy atom. The highest BCUT2D eigenvalue weighted by atomic mass is 127. The number of hydrogen-bond acceptors (Lipinski definition) is 5. The van der Waals surface area contributed by atoms with Gasteiger partial charge < -0.3 is 24.4 Å². The fourth-order valence-corrected chi connectivity index (χ4v) is 3.45. The van der Waals surface area contributed by atoms with E-state index in [-0.39, 0.29) is 24.0 Å². The van der Waals surface area contributed by atoms with E-state index in [4.69, 9.17) is 21.3 Å². The van der Waals surface area contributed by atoms with E-state index in [2.05, 4.69) is 31.4 Å². The molecule has 2 heterocycles. The number of nitrogens with one attached hydrogen (secondary N) is 1. The minimum absolute atomic E-state index is 0. The second-order valence-electron chi connectivity index (χ2n) is 7.09. The van der Waals surface area contributed by atoms with Crippen LogP contribution < -0.4 is 10.2 Å². The number of methoxy groups -OCH3 is 1. The molecular formula is C20H31ClIN7O. The molecular weight excluding hydrogens is 517 g/mol. The van der Waals surface area contributed by atoms with Gasteiger partial charge in [0.05, 0.1) is 0 Å². The lowest BCUT2D eigenvalue weighted by Crippen LogP contribution is -2.52. The molecule has 1 aliphatic heterocycles. The van der Waals surface area contributed by atoms with Gasteiger partial charge in [-0.2, -0.15) is 0 Å². The van der Waals surface area contributed by atoms with Crippen LogP contribution in [0.2, 0.25) is 5.02 Å². The van der Waals surface area contributed by atoms with Gasteiger partial charge in [0.15, 0.2) is 11.8 Å². The average Bonchev–Trinajstić information content (AvgIpc) is 3.05. The lowest BCUT2D eigenvalue weighted by atomic mass is 10.2. The first-order chi connectivity index (χ1) is 14.1. The molecule has 0 amide bonds. The minimum Gasteiger partial charge on any atom is -0.385 e. The van der Waals surface area contributed by atoms with E-state index in [1.54, 1.807) is 7.11 Å². The second-order valence-corrected chi connectivity index (χ2v) is 7.53. The van der Waals surface area contributed by atoms with E-state index >= 15 is 0 Å². The molecule has 3 rings (SSSR count). The highest BCUT2D eigenvalue weighted by Gasteiger charge is 2.20. The van der Waals surface area contributed by atoms with Crippen LogP contribution in [0.4, 0.5) is 5.69 Å². The first kappa shape index (κ1) is 24.7. The highest BCUT2D eigenvalue weighted by molar-refractivity contribution is 14.0. The van der Waals surface area contributed by atoms with Crippen molar-refractivity contribution in [2.24, 2.45) is 12.0 Å². The molecule has 8 nitrogen and oxygen atoms in total. The van der Waals surface area contributed by atoms with Gasteiger partial charge >= 0.3 is 0 Å². The standard InChI is InChI=1S/C20H30ClN7O.HI/c1-16-24-25-19(26(16)2)15-23-20(22-8-5-13-29-3)28-11-9-27(10-12-28)18-7-4-6-17(21)14-18;/h4,6-7,14H,5,8-13,15H2,1-3H3,(H,22,23);1H. The summed E-state index contributed by atoms with van der Waals surface area (Å²) in [5.41, 5.74) is 1.17. The SMILES string of the molecule is COCCCNC(=NCc1nnc(C)n1C)N1CCN(c2cccc(Cl)c2)CC1.I. The number of halogens is 2. The predicted octanol–water partition coefficient (Wildman–Crippen LogP) is 2.70. The van der Waals surface area contributed by atoms with Crippen LogP contribution in [0.1, 0.15) is 18.1 Å². The third-order valence-electron chi connectivity index (χ3n) is 5.11.